The van der Waals surface area contributed by atoms with E-state index in [4.69, 9.17) is 5.73 Å². The number of carbonyl (C=O) groups excluding carboxylic acids is 1. The molecule has 1 aliphatic heterocycles. The monoisotopic (exact) mass is 299 g/mol. The highest BCUT2D eigenvalue weighted by atomic mass is 16.1. The predicted molar refractivity (Wildman–Crippen MR) is 83.0 cm³/mol. The molecule has 2 heterocycles. The number of rotatable bonds is 5. The molecule has 1 saturated heterocycles. The van der Waals surface area contributed by atoms with Crippen molar-refractivity contribution in [2.24, 2.45) is 11.7 Å². The van der Waals surface area contributed by atoms with E-state index >= 15 is 0 Å². The van der Waals surface area contributed by atoms with Crippen molar-refractivity contribution in [1.82, 2.24) is 20.1 Å². The van der Waals surface area contributed by atoms with Gasteiger partial charge in [-0.3, -0.25) is 9.89 Å². The van der Waals surface area contributed by atoms with E-state index in [2.05, 4.69) is 32.2 Å². The summed E-state index contributed by atoms with van der Waals surface area (Å²) in [6, 6.07) is 10.3. The molecule has 116 valence electrons. The van der Waals surface area contributed by atoms with Crippen LogP contribution in [0.25, 0.3) is 0 Å². The van der Waals surface area contributed by atoms with Gasteiger partial charge in [-0.15, -0.1) is 0 Å². The first kappa shape index (κ1) is 14.7. The van der Waals surface area contributed by atoms with Crippen LogP contribution < -0.4 is 5.73 Å². The van der Waals surface area contributed by atoms with Crippen LogP contribution in [0.1, 0.15) is 30.1 Å². The average molecular weight is 299 g/mol. The largest absolute Gasteiger partial charge is 0.369 e. The lowest BCUT2D eigenvalue weighted by atomic mass is 9.93. The van der Waals surface area contributed by atoms with Crippen LogP contribution in [0.3, 0.4) is 0 Å². The second kappa shape index (κ2) is 6.70. The Balaban J connectivity index is 1.71. The van der Waals surface area contributed by atoms with Crippen LogP contribution in [-0.2, 0) is 4.79 Å². The van der Waals surface area contributed by atoms with Crippen LogP contribution in [0.5, 0.6) is 0 Å². The van der Waals surface area contributed by atoms with E-state index in [1.165, 1.54) is 5.56 Å². The van der Waals surface area contributed by atoms with E-state index in [1.54, 1.807) is 6.33 Å². The molecule has 6 nitrogen and oxygen atoms in total. The number of carbonyl (C=O) groups is 1. The molecule has 3 N–H and O–H groups in total. The van der Waals surface area contributed by atoms with E-state index in [0.717, 1.165) is 38.3 Å². The zero-order chi connectivity index (χ0) is 15.4. The fourth-order valence-corrected chi connectivity index (χ4v) is 3.08. The maximum Gasteiger partial charge on any atom is 0.220 e. The molecule has 1 atom stereocenters. The first-order valence-corrected chi connectivity index (χ1v) is 7.66. The Bertz CT molecular complexity index is 590. The number of hydrogen-bond donors (Lipinski definition) is 2. The highest BCUT2D eigenvalue weighted by Gasteiger charge is 2.26. The minimum Gasteiger partial charge on any atom is -0.369 e. The maximum atomic E-state index is 11.3. The van der Waals surface area contributed by atoms with Gasteiger partial charge in [-0.05, 0) is 31.5 Å². The molecule has 6 heteroatoms. The van der Waals surface area contributed by atoms with Crippen LogP contribution >= 0.6 is 0 Å². The number of nitrogens with zero attached hydrogens (tertiary/aromatic N) is 3. The van der Waals surface area contributed by atoms with Crippen molar-refractivity contribution in [1.29, 1.82) is 0 Å². The molecular weight excluding hydrogens is 278 g/mol. The van der Waals surface area contributed by atoms with Crippen LogP contribution in [0, 0.1) is 5.92 Å². The number of aromatic amines is 1. The molecule has 0 bridgehead atoms. The summed E-state index contributed by atoms with van der Waals surface area (Å²) in [5.41, 5.74) is 6.62. The number of nitrogens with one attached hydrogen (secondary N) is 1. The first-order chi connectivity index (χ1) is 10.7. The molecule has 1 aromatic carbocycles. The Morgan fingerprint density at radius 2 is 2.05 bits per heavy atom. The summed E-state index contributed by atoms with van der Waals surface area (Å²) < 4.78 is 0. The maximum absolute atomic E-state index is 11.3. The Kier molecular flexibility index (Phi) is 4.48. The van der Waals surface area contributed by atoms with Crippen LogP contribution in [0.2, 0.25) is 0 Å². The molecule has 2 aromatic rings. The third kappa shape index (κ3) is 3.33. The third-order valence-electron chi connectivity index (χ3n) is 4.40. The SMILES string of the molecule is NC(=O)C1CCN(CC(c2ccccc2)c2ncn[nH]2)CC1. The van der Waals surface area contributed by atoms with Crippen molar-refractivity contribution in [3.8, 4) is 0 Å². The summed E-state index contributed by atoms with van der Waals surface area (Å²) in [7, 11) is 0. The molecule has 0 aliphatic carbocycles. The average Bonchev–Trinajstić information content (AvgIpc) is 3.08. The van der Waals surface area contributed by atoms with Gasteiger partial charge < -0.3 is 10.6 Å². The van der Waals surface area contributed by atoms with Gasteiger partial charge in [0, 0.05) is 12.5 Å². The lowest BCUT2D eigenvalue weighted by Gasteiger charge is -2.32. The topological polar surface area (TPSA) is 87.9 Å². The van der Waals surface area contributed by atoms with Crippen molar-refractivity contribution in [2.45, 2.75) is 18.8 Å². The molecule has 1 aliphatic rings. The number of hydrogen-bond acceptors (Lipinski definition) is 4. The molecule has 0 radical (unpaired) electrons. The van der Waals surface area contributed by atoms with Gasteiger partial charge in [-0.1, -0.05) is 30.3 Å². The predicted octanol–water partition coefficient (Wildman–Crippen LogP) is 1.13. The van der Waals surface area contributed by atoms with Gasteiger partial charge >= 0.3 is 0 Å². The van der Waals surface area contributed by atoms with E-state index in [9.17, 15) is 4.79 Å². The third-order valence-corrected chi connectivity index (χ3v) is 4.40. The second-order valence-corrected chi connectivity index (χ2v) is 5.81. The number of amides is 1. The highest BCUT2D eigenvalue weighted by molar-refractivity contribution is 5.76. The van der Waals surface area contributed by atoms with E-state index < -0.39 is 0 Å². The Hall–Kier alpha value is -2.21. The molecule has 0 spiro atoms. The number of likely N-dealkylation sites (tertiary alicyclic amines) is 1. The molecule has 1 amide bonds. The fraction of sp³-hybridized carbons (Fsp3) is 0.438. The number of H-pyrrole nitrogens is 1. The molecule has 1 unspecified atom stereocenters. The number of benzene rings is 1. The summed E-state index contributed by atoms with van der Waals surface area (Å²) in [6.07, 6.45) is 3.23. The lowest BCUT2D eigenvalue weighted by Crippen LogP contribution is -2.40. The smallest absolute Gasteiger partial charge is 0.220 e. The number of primary amides is 1. The number of nitrogens with two attached hydrogens (primary N) is 1. The normalized spacial score (nSPS) is 18.2. The zero-order valence-corrected chi connectivity index (χ0v) is 12.5. The molecular formula is C16H21N5O. The van der Waals surface area contributed by atoms with Gasteiger partial charge in [0.1, 0.15) is 12.2 Å². The van der Waals surface area contributed by atoms with Crippen molar-refractivity contribution >= 4 is 5.91 Å². The van der Waals surface area contributed by atoms with Crippen LogP contribution in [-0.4, -0.2) is 45.6 Å². The molecule has 0 saturated carbocycles. The molecule has 1 aromatic heterocycles. The summed E-state index contributed by atoms with van der Waals surface area (Å²) in [5.74, 6) is 0.892. The minimum atomic E-state index is -0.172. The molecule has 3 rings (SSSR count). The Morgan fingerprint density at radius 1 is 1.32 bits per heavy atom. The van der Waals surface area contributed by atoms with Gasteiger partial charge in [0.05, 0.1) is 5.92 Å². The van der Waals surface area contributed by atoms with Crippen molar-refractivity contribution < 1.29 is 4.79 Å². The van der Waals surface area contributed by atoms with Gasteiger partial charge in [-0.25, -0.2) is 4.98 Å². The second-order valence-electron chi connectivity index (χ2n) is 5.81. The fourth-order valence-electron chi connectivity index (χ4n) is 3.08. The van der Waals surface area contributed by atoms with Gasteiger partial charge in [0.2, 0.25) is 5.91 Å². The van der Waals surface area contributed by atoms with E-state index in [1.807, 2.05) is 18.2 Å². The first-order valence-electron chi connectivity index (χ1n) is 7.66. The van der Waals surface area contributed by atoms with E-state index in [0.29, 0.717) is 0 Å². The van der Waals surface area contributed by atoms with Gasteiger partial charge in [0.15, 0.2) is 0 Å². The standard InChI is InChI=1S/C16H21N5O/c17-15(22)13-6-8-21(9-7-13)10-14(16-18-11-19-20-16)12-4-2-1-3-5-12/h1-5,11,13-14H,6-10H2,(H2,17,22)(H,18,19,20). The summed E-state index contributed by atoms with van der Waals surface area (Å²) in [4.78, 5) is 18.0. The quantitative estimate of drug-likeness (QED) is 0.866. The summed E-state index contributed by atoms with van der Waals surface area (Å²) >= 11 is 0. The van der Waals surface area contributed by atoms with Crippen molar-refractivity contribution in [2.75, 3.05) is 19.6 Å². The summed E-state index contributed by atoms with van der Waals surface area (Å²) in [6.45, 7) is 2.65. The van der Waals surface area contributed by atoms with E-state index in [-0.39, 0.29) is 17.7 Å². The highest BCUT2D eigenvalue weighted by Crippen LogP contribution is 2.25. The Morgan fingerprint density at radius 3 is 2.64 bits per heavy atom. The van der Waals surface area contributed by atoms with Crippen molar-refractivity contribution in [3.05, 3.63) is 48.0 Å². The number of piperidine rings is 1. The summed E-state index contributed by atoms with van der Waals surface area (Å²) in [5, 5.41) is 6.97. The van der Waals surface area contributed by atoms with Crippen LogP contribution in [0.15, 0.2) is 36.7 Å². The zero-order valence-electron chi connectivity index (χ0n) is 12.5. The van der Waals surface area contributed by atoms with Crippen LogP contribution in [0.4, 0.5) is 0 Å². The van der Waals surface area contributed by atoms with Crippen molar-refractivity contribution in [3.63, 3.8) is 0 Å². The lowest BCUT2D eigenvalue weighted by molar-refractivity contribution is -0.123. The number of aromatic nitrogens is 3. The van der Waals surface area contributed by atoms with Gasteiger partial charge in [0.25, 0.3) is 0 Å². The minimum absolute atomic E-state index is 0.0247. The Labute approximate surface area is 129 Å². The van der Waals surface area contributed by atoms with Gasteiger partial charge in [-0.2, -0.15) is 5.10 Å². The molecule has 1 fully saturated rings. The molecule has 22 heavy (non-hydrogen) atoms.